The lowest BCUT2D eigenvalue weighted by Crippen LogP contribution is -2.37. The van der Waals surface area contributed by atoms with Crippen LogP contribution in [0, 0.1) is 12.5 Å². The van der Waals surface area contributed by atoms with Crippen LogP contribution in [0.25, 0.3) is 0 Å². The highest BCUT2D eigenvalue weighted by Crippen LogP contribution is 2.20. The summed E-state index contributed by atoms with van der Waals surface area (Å²) in [5.41, 5.74) is 0. The molecule has 2 saturated heterocycles. The minimum absolute atomic E-state index is 0.749. The predicted molar refractivity (Wildman–Crippen MR) is 36.8 cm³/mol. The van der Waals surface area contributed by atoms with E-state index in [-0.39, 0.29) is 0 Å². The van der Waals surface area contributed by atoms with Gasteiger partial charge in [-0.25, -0.2) is 0 Å². The molecule has 0 spiro atoms. The third kappa shape index (κ3) is 0.970. The Balaban J connectivity index is 1.97. The van der Waals surface area contributed by atoms with Crippen LogP contribution >= 0.6 is 0 Å². The van der Waals surface area contributed by atoms with E-state index in [0.717, 1.165) is 12.0 Å². The summed E-state index contributed by atoms with van der Waals surface area (Å²) >= 11 is 0. The first-order valence-corrected chi connectivity index (χ1v) is 3.75. The summed E-state index contributed by atoms with van der Waals surface area (Å²) in [6.07, 6.45) is 2.63. The van der Waals surface area contributed by atoms with Crippen LogP contribution in [0.5, 0.6) is 0 Å². The maximum absolute atomic E-state index is 3.39. The molecule has 51 valence electrons. The standard InChI is InChI=1S/C7H13N2/c1-2-6-4-8-5-7(6)9-3-1/h3,6-9H,1-2,4-5H2/t6-,7+/m1/s1. The van der Waals surface area contributed by atoms with Gasteiger partial charge in [0.05, 0.1) is 0 Å². The molecule has 2 heteroatoms. The van der Waals surface area contributed by atoms with E-state index < -0.39 is 0 Å². The number of piperidine rings is 1. The molecule has 0 unspecified atom stereocenters. The molecule has 0 aromatic heterocycles. The van der Waals surface area contributed by atoms with Gasteiger partial charge in [-0.05, 0) is 25.3 Å². The van der Waals surface area contributed by atoms with Gasteiger partial charge >= 0.3 is 0 Å². The Labute approximate surface area is 56.0 Å². The van der Waals surface area contributed by atoms with Crippen LogP contribution in [0.1, 0.15) is 12.8 Å². The topological polar surface area (TPSA) is 24.1 Å². The van der Waals surface area contributed by atoms with Crippen LogP contribution in [0.3, 0.4) is 0 Å². The molecule has 2 fully saturated rings. The minimum Gasteiger partial charge on any atom is -0.315 e. The zero-order valence-corrected chi connectivity index (χ0v) is 5.56. The zero-order valence-electron chi connectivity index (χ0n) is 5.56. The SMILES string of the molecule is [CH]1CC[C@@H]2CNC[C@@H]2N1. The molecule has 2 rings (SSSR count). The van der Waals surface area contributed by atoms with Crippen molar-refractivity contribution in [2.24, 2.45) is 5.92 Å². The van der Waals surface area contributed by atoms with Crippen LogP contribution in [-0.2, 0) is 0 Å². The Morgan fingerprint density at radius 1 is 1.33 bits per heavy atom. The monoisotopic (exact) mass is 125 g/mol. The number of hydrogen-bond acceptors (Lipinski definition) is 2. The summed E-state index contributed by atoms with van der Waals surface area (Å²) in [6, 6.07) is 0.749. The van der Waals surface area contributed by atoms with Gasteiger partial charge in [-0.3, -0.25) is 0 Å². The molecule has 2 aliphatic heterocycles. The molecule has 0 bridgehead atoms. The Morgan fingerprint density at radius 2 is 2.33 bits per heavy atom. The van der Waals surface area contributed by atoms with E-state index in [4.69, 9.17) is 0 Å². The largest absolute Gasteiger partial charge is 0.315 e. The van der Waals surface area contributed by atoms with E-state index in [2.05, 4.69) is 17.2 Å². The first-order valence-electron chi connectivity index (χ1n) is 3.75. The maximum atomic E-state index is 3.39. The summed E-state index contributed by atoms with van der Waals surface area (Å²) < 4.78 is 0. The molecule has 9 heavy (non-hydrogen) atoms. The Kier molecular flexibility index (Phi) is 1.44. The highest BCUT2D eigenvalue weighted by molar-refractivity contribution is 4.92. The van der Waals surface area contributed by atoms with Gasteiger partial charge in [-0.1, -0.05) is 0 Å². The van der Waals surface area contributed by atoms with Crippen molar-refractivity contribution in [2.45, 2.75) is 18.9 Å². The van der Waals surface area contributed by atoms with E-state index >= 15 is 0 Å². The van der Waals surface area contributed by atoms with E-state index in [0.29, 0.717) is 0 Å². The normalized spacial score (nSPS) is 42.7. The summed E-state index contributed by atoms with van der Waals surface area (Å²) in [5.74, 6) is 0.912. The van der Waals surface area contributed by atoms with Crippen LogP contribution in [0.2, 0.25) is 0 Å². The van der Waals surface area contributed by atoms with E-state index in [1.54, 1.807) is 0 Å². The number of fused-ring (bicyclic) bond motifs is 1. The minimum atomic E-state index is 0.749. The molecule has 2 heterocycles. The van der Waals surface area contributed by atoms with Crippen molar-refractivity contribution in [3.63, 3.8) is 0 Å². The van der Waals surface area contributed by atoms with Crippen molar-refractivity contribution < 1.29 is 0 Å². The molecule has 1 radical (unpaired) electrons. The van der Waals surface area contributed by atoms with Gasteiger partial charge in [0.25, 0.3) is 0 Å². The summed E-state index contributed by atoms with van der Waals surface area (Å²) in [6.45, 7) is 4.60. The van der Waals surface area contributed by atoms with Crippen LogP contribution in [0.15, 0.2) is 0 Å². The van der Waals surface area contributed by atoms with Gasteiger partial charge < -0.3 is 10.6 Å². The molecule has 0 aromatic rings. The summed E-state index contributed by atoms with van der Waals surface area (Å²) in [4.78, 5) is 0. The number of hydrogen-bond donors (Lipinski definition) is 2. The maximum Gasteiger partial charge on any atom is 0.0236 e. The van der Waals surface area contributed by atoms with Crippen molar-refractivity contribution in [3.8, 4) is 0 Å². The van der Waals surface area contributed by atoms with Crippen molar-refractivity contribution in [3.05, 3.63) is 6.54 Å². The molecule has 2 N–H and O–H groups in total. The van der Waals surface area contributed by atoms with Gasteiger partial charge in [0, 0.05) is 19.1 Å². The van der Waals surface area contributed by atoms with Gasteiger partial charge in [-0.15, -0.1) is 0 Å². The zero-order chi connectivity index (χ0) is 6.10. The fourth-order valence-electron chi connectivity index (χ4n) is 1.76. The van der Waals surface area contributed by atoms with Crippen LogP contribution in [0.4, 0.5) is 0 Å². The molecule has 2 aliphatic rings. The van der Waals surface area contributed by atoms with Crippen LogP contribution in [-0.4, -0.2) is 19.1 Å². The van der Waals surface area contributed by atoms with E-state index in [1.807, 2.05) is 0 Å². The molecule has 0 amide bonds. The average molecular weight is 125 g/mol. The Bertz CT molecular complexity index is 91.1. The average Bonchev–Trinajstić information content (AvgIpc) is 2.33. The second-order valence-corrected chi connectivity index (χ2v) is 2.97. The first kappa shape index (κ1) is 5.69. The number of nitrogens with one attached hydrogen (secondary N) is 2. The molecule has 0 aliphatic carbocycles. The Morgan fingerprint density at radius 3 is 3.22 bits per heavy atom. The lowest BCUT2D eigenvalue weighted by atomic mass is 9.94. The smallest absolute Gasteiger partial charge is 0.0236 e. The first-order chi connectivity index (χ1) is 4.47. The Hall–Kier alpha value is -0.0800. The predicted octanol–water partition coefficient (Wildman–Crippen LogP) is 0.120. The lowest BCUT2D eigenvalue weighted by Gasteiger charge is -2.24. The fourth-order valence-corrected chi connectivity index (χ4v) is 1.76. The highest BCUT2D eigenvalue weighted by Gasteiger charge is 2.28. The third-order valence-corrected chi connectivity index (χ3v) is 2.35. The molecule has 2 atom stereocenters. The quantitative estimate of drug-likeness (QED) is 0.480. The molecular weight excluding hydrogens is 112 g/mol. The third-order valence-electron chi connectivity index (χ3n) is 2.35. The molecule has 0 aromatic carbocycles. The highest BCUT2D eigenvalue weighted by atomic mass is 15.0. The van der Waals surface area contributed by atoms with E-state index in [9.17, 15) is 0 Å². The summed E-state index contributed by atoms with van der Waals surface area (Å²) in [7, 11) is 0. The van der Waals surface area contributed by atoms with Crippen LogP contribution < -0.4 is 10.6 Å². The summed E-state index contributed by atoms with van der Waals surface area (Å²) in [5, 5.41) is 6.78. The van der Waals surface area contributed by atoms with Gasteiger partial charge in [-0.2, -0.15) is 0 Å². The van der Waals surface area contributed by atoms with Gasteiger partial charge in [0.2, 0.25) is 0 Å². The molecule has 2 nitrogen and oxygen atoms in total. The van der Waals surface area contributed by atoms with E-state index in [1.165, 1.54) is 25.9 Å². The van der Waals surface area contributed by atoms with Crippen molar-refractivity contribution in [1.82, 2.24) is 10.6 Å². The van der Waals surface area contributed by atoms with Crippen molar-refractivity contribution >= 4 is 0 Å². The van der Waals surface area contributed by atoms with Crippen molar-refractivity contribution in [1.29, 1.82) is 0 Å². The van der Waals surface area contributed by atoms with Gasteiger partial charge in [0.15, 0.2) is 0 Å². The molecular formula is C7H13N2. The number of rotatable bonds is 0. The van der Waals surface area contributed by atoms with Gasteiger partial charge in [0.1, 0.15) is 0 Å². The van der Waals surface area contributed by atoms with Crippen molar-refractivity contribution in [2.75, 3.05) is 13.1 Å². The second-order valence-electron chi connectivity index (χ2n) is 2.97. The molecule has 0 saturated carbocycles. The second kappa shape index (κ2) is 2.27. The lowest BCUT2D eigenvalue weighted by molar-refractivity contribution is 0.374. The fraction of sp³-hybridized carbons (Fsp3) is 0.857.